The largest absolute Gasteiger partial charge is 0.469 e. The number of halogens is 1. The van der Waals surface area contributed by atoms with Gasteiger partial charge in [-0.2, -0.15) is 0 Å². The molecule has 0 fully saturated rings. The summed E-state index contributed by atoms with van der Waals surface area (Å²) in [5, 5.41) is 2.35. The lowest BCUT2D eigenvalue weighted by Crippen LogP contribution is -2.26. The number of thiophene rings is 1. The van der Waals surface area contributed by atoms with Crippen molar-refractivity contribution in [3.8, 4) is 11.1 Å². The molecule has 6 nitrogen and oxygen atoms in total. The van der Waals surface area contributed by atoms with Gasteiger partial charge in [-0.25, -0.2) is 9.18 Å². The van der Waals surface area contributed by atoms with E-state index < -0.39 is 17.5 Å². The van der Waals surface area contributed by atoms with Gasteiger partial charge in [0.1, 0.15) is 11.4 Å². The maximum absolute atomic E-state index is 14.0. The molecule has 0 radical (unpaired) electrons. The highest BCUT2D eigenvalue weighted by atomic mass is 32.1. The molecule has 3 rings (SSSR count). The van der Waals surface area contributed by atoms with Crippen LogP contribution < -0.4 is 0 Å². The van der Waals surface area contributed by atoms with E-state index in [1.165, 1.54) is 41.2 Å². The molecule has 0 atom stereocenters. The number of methoxy groups -OCH3 is 1. The number of rotatable bonds is 6. The summed E-state index contributed by atoms with van der Waals surface area (Å²) in [4.78, 5) is 36.9. The molecule has 2 aromatic heterocycles. The van der Waals surface area contributed by atoms with Crippen molar-refractivity contribution in [3.63, 3.8) is 0 Å². The summed E-state index contributed by atoms with van der Waals surface area (Å²) in [6.07, 6.45) is 1.85. The number of ether oxygens (including phenoxy) is 2. The maximum Gasteiger partial charge on any atom is 0.419 e. The van der Waals surface area contributed by atoms with Crippen LogP contribution in [0.25, 0.3) is 22.0 Å². The molecule has 8 heteroatoms. The Labute approximate surface area is 183 Å². The van der Waals surface area contributed by atoms with Crippen molar-refractivity contribution in [1.82, 2.24) is 4.57 Å². The molecule has 3 aromatic rings. The Balaban J connectivity index is 1.91. The molecule has 0 aliphatic carbocycles. The van der Waals surface area contributed by atoms with E-state index in [2.05, 4.69) is 4.74 Å². The van der Waals surface area contributed by atoms with E-state index in [-0.39, 0.29) is 24.6 Å². The standard InChI is InChI=1S/C23H24FNO5S/c1-23(2,3)30-22(28)25-12-17(16-11-15(24)8-9-18(16)25)14-10-20(31-13-14)19(26)6-5-7-21(27)29-4/h8-13H,5-7H2,1-4H3. The minimum absolute atomic E-state index is 0.0813. The minimum Gasteiger partial charge on any atom is -0.469 e. The van der Waals surface area contributed by atoms with Gasteiger partial charge in [0, 0.05) is 30.0 Å². The highest BCUT2D eigenvalue weighted by molar-refractivity contribution is 7.12. The summed E-state index contributed by atoms with van der Waals surface area (Å²) >= 11 is 1.27. The zero-order valence-electron chi connectivity index (χ0n) is 17.9. The summed E-state index contributed by atoms with van der Waals surface area (Å²) in [6, 6.07) is 5.91. The van der Waals surface area contributed by atoms with Crippen LogP contribution in [-0.2, 0) is 14.3 Å². The Hall–Kier alpha value is -3.00. The average Bonchev–Trinajstić information content (AvgIpc) is 3.30. The lowest BCUT2D eigenvalue weighted by molar-refractivity contribution is -0.140. The van der Waals surface area contributed by atoms with Crippen molar-refractivity contribution in [2.45, 2.75) is 45.6 Å². The zero-order valence-corrected chi connectivity index (χ0v) is 18.7. The molecular weight excluding hydrogens is 421 g/mol. The fourth-order valence-corrected chi connectivity index (χ4v) is 4.01. The lowest BCUT2D eigenvalue weighted by atomic mass is 10.1. The van der Waals surface area contributed by atoms with Gasteiger partial charge < -0.3 is 9.47 Å². The fourth-order valence-electron chi connectivity index (χ4n) is 3.14. The second-order valence-corrected chi connectivity index (χ2v) is 9.02. The van der Waals surface area contributed by atoms with Gasteiger partial charge in [0.15, 0.2) is 5.78 Å². The van der Waals surface area contributed by atoms with E-state index in [0.29, 0.717) is 33.3 Å². The summed E-state index contributed by atoms with van der Waals surface area (Å²) in [5.41, 5.74) is 1.17. The third kappa shape index (κ3) is 5.38. The molecule has 1 aromatic carbocycles. The SMILES string of the molecule is COC(=O)CCCC(=O)c1cc(-c2cn(C(=O)OC(C)(C)C)c3ccc(F)cc23)cs1. The van der Waals surface area contributed by atoms with Gasteiger partial charge in [-0.3, -0.25) is 14.2 Å². The molecule has 0 spiro atoms. The van der Waals surface area contributed by atoms with Crippen LogP contribution in [0, 0.1) is 5.82 Å². The normalized spacial score (nSPS) is 11.5. The number of carbonyl (C=O) groups excluding carboxylic acids is 3. The van der Waals surface area contributed by atoms with Crippen molar-refractivity contribution in [1.29, 1.82) is 0 Å². The van der Waals surface area contributed by atoms with Crippen LogP contribution >= 0.6 is 11.3 Å². The first-order valence-electron chi connectivity index (χ1n) is 9.82. The highest BCUT2D eigenvalue weighted by Crippen LogP contribution is 2.35. The number of hydrogen-bond donors (Lipinski definition) is 0. The van der Waals surface area contributed by atoms with Crippen molar-refractivity contribution >= 4 is 40.1 Å². The molecule has 0 unspecified atom stereocenters. The molecule has 31 heavy (non-hydrogen) atoms. The summed E-state index contributed by atoms with van der Waals surface area (Å²) in [7, 11) is 1.31. The number of hydrogen-bond acceptors (Lipinski definition) is 6. The van der Waals surface area contributed by atoms with Crippen molar-refractivity contribution in [2.24, 2.45) is 0 Å². The predicted molar refractivity (Wildman–Crippen MR) is 117 cm³/mol. The van der Waals surface area contributed by atoms with Crippen LogP contribution in [0.2, 0.25) is 0 Å². The number of aromatic nitrogens is 1. The van der Waals surface area contributed by atoms with Gasteiger partial charge in [-0.1, -0.05) is 0 Å². The number of Topliss-reactive ketones (excluding diaryl/α,β-unsaturated/α-hetero) is 1. The molecule has 2 heterocycles. The fraction of sp³-hybridized carbons (Fsp3) is 0.348. The zero-order chi connectivity index (χ0) is 22.8. The smallest absolute Gasteiger partial charge is 0.419 e. The number of fused-ring (bicyclic) bond motifs is 1. The molecule has 0 aliphatic heterocycles. The first-order chi connectivity index (χ1) is 14.6. The lowest BCUT2D eigenvalue weighted by Gasteiger charge is -2.19. The van der Waals surface area contributed by atoms with Crippen LogP contribution in [0.4, 0.5) is 9.18 Å². The number of ketones is 1. The molecule has 0 amide bonds. The third-order valence-corrected chi connectivity index (χ3v) is 5.53. The Kier molecular flexibility index (Phi) is 6.59. The van der Waals surface area contributed by atoms with Crippen molar-refractivity contribution in [3.05, 3.63) is 46.5 Å². The highest BCUT2D eigenvalue weighted by Gasteiger charge is 2.22. The summed E-state index contributed by atoms with van der Waals surface area (Å²) in [6.45, 7) is 5.32. The molecule has 0 saturated carbocycles. The maximum atomic E-state index is 14.0. The first kappa shape index (κ1) is 22.7. The first-order valence-corrected chi connectivity index (χ1v) is 10.7. The minimum atomic E-state index is -0.681. The second kappa shape index (κ2) is 9.01. The summed E-state index contributed by atoms with van der Waals surface area (Å²) < 4.78 is 25.4. The van der Waals surface area contributed by atoms with Crippen molar-refractivity contribution < 1.29 is 28.2 Å². The average molecular weight is 446 g/mol. The number of nitrogens with zero attached hydrogens (tertiary/aromatic N) is 1. The van der Waals surface area contributed by atoms with Crippen LogP contribution in [0.1, 0.15) is 49.7 Å². The Morgan fingerprint density at radius 2 is 1.87 bits per heavy atom. The van der Waals surface area contributed by atoms with E-state index in [1.807, 2.05) is 0 Å². The monoisotopic (exact) mass is 445 g/mol. The van der Waals surface area contributed by atoms with Gasteiger partial charge in [-0.15, -0.1) is 11.3 Å². The molecular formula is C23H24FNO5S. The predicted octanol–water partition coefficient (Wildman–Crippen LogP) is 5.82. The molecule has 164 valence electrons. The van der Waals surface area contributed by atoms with Gasteiger partial charge in [0.2, 0.25) is 0 Å². The van der Waals surface area contributed by atoms with E-state index in [4.69, 9.17) is 4.74 Å². The van der Waals surface area contributed by atoms with Gasteiger partial charge in [0.05, 0.1) is 17.5 Å². The third-order valence-electron chi connectivity index (χ3n) is 4.55. The quantitative estimate of drug-likeness (QED) is 0.353. The number of carbonyl (C=O) groups is 3. The Morgan fingerprint density at radius 3 is 2.55 bits per heavy atom. The molecule has 0 N–H and O–H groups in total. The van der Waals surface area contributed by atoms with Crippen LogP contribution in [0.5, 0.6) is 0 Å². The molecule has 0 bridgehead atoms. The van der Waals surface area contributed by atoms with Crippen LogP contribution in [0.3, 0.4) is 0 Å². The van der Waals surface area contributed by atoms with Crippen LogP contribution in [0.15, 0.2) is 35.8 Å². The summed E-state index contributed by atoms with van der Waals surface area (Å²) in [5.74, 6) is -0.858. The Morgan fingerprint density at radius 1 is 1.13 bits per heavy atom. The topological polar surface area (TPSA) is 74.6 Å². The van der Waals surface area contributed by atoms with Gasteiger partial charge >= 0.3 is 12.1 Å². The number of esters is 1. The molecule has 0 aliphatic rings. The van der Waals surface area contributed by atoms with Crippen molar-refractivity contribution in [2.75, 3.05) is 7.11 Å². The number of benzene rings is 1. The van der Waals surface area contributed by atoms with E-state index in [9.17, 15) is 18.8 Å². The molecule has 0 saturated heterocycles. The second-order valence-electron chi connectivity index (χ2n) is 8.11. The Bertz CT molecular complexity index is 1140. The van der Waals surface area contributed by atoms with E-state index in [0.717, 1.165) is 0 Å². The van der Waals surface area contributed by atoms with Gasteiger partial charge in [0.25, 0.3) is 0 Å². The van der Waals surface area contributed by atoms with Gasteiger partial charge in [-0.05, 0) is 62.4 Å². The van der Waals surface area contributed by atoms with E-state index in [1.54, 1.807) is 38.4 Å². The van der Waals surface area contributed by atoms with E-state index >= 15 is 0 Å². The van der Waals surface area contributed by atoms with Crippen LogP contribution in [-0.4, -0.2) is 35.1 Å².